The number of anilines is 1. The number of nitro benzene ring substituents is 3. The minimum atomic E-state index is -0.954. The molecule has 0 saturated heterocycles. The van der Waals surface area contributed by atoms with E-state index in [0.717, 1.165) is 12.1 Å². The number of rotatable bonds is 5. The van der Waals surface area contributed by atoms with Crippen LogP contribution in [0.3, 0.4) is 0 Å². The first-order chi connectivity index (χ1) is 12.1. The average Bonchev–Trinajstić information content (AvgIpc) is 2.55. The Morgan fingerprint density at radius 1 is 0.962 bits per heavy atom. The van der Waals surface area contributed by atoms with Crippen LogP contribution >= 0.6 is 11.6 Å². The van der Waals surface area contributed by atoms with Crippen molar-refractivity contribution < 1.29 is 19.6 Å². The summed E-state index contributed by atoms with van der Waals surface area (Å²) in [5, 5.41) is 34.6. The molecule has 26 heavy (non-hydrogen) atoms. The first-order valence-corrected chi connectivity index (χ1v) is 7.19. The molecular formula is C14H9ClN4O7. The third-order valence-electron chi connectivity index (χ3n) is 3.44. The maximum Gasteiger partial charge on any atom is 0.295 e. The van der Waals surface area contributed by atoms with Crippen LogP contribution in [0.25, 0.3) is 0 Å². The van der Waals surface area contributed by atoms with E-state index < -0.39 is 42.6 Å². The fourth-order valence-electron chi connectivity index (χ4n) is 2.14. The van der Waals surface area contributed by atoms with E-state index in [1.165, 1.54) is 25.1 Å². The second-order valence-corrected chi connectivity index (χ2v) is 5.38. The van der Waals surface area contributed by atoms with E-state index in [9.17, 15) is 35.1 Å². The van der Waals surface area contributed by atoms with Crippen LogP contribution < -0.4 is 5.32 Å². The minimum Gasteiger partial charge on any atom is -0.321 e. The molecule has 0 aromatic heterocycles. The number of carbonyl (C=O) groups excluding carboxylic acids is 1. The van der Waals surface area contributed by atoms with E-state index in [-0.39, 0.29) is 16.9 Å². The zero-order chi connectivity index (χ0) is 19.6. The van der Waals surface area contributed by atoms with E-state index in [2.05, 4.69) is 5.32 Å². The molecule has 11 nitrogen and oxygen atoms in total. The normalized spacial score (nSPS) is 10.2. The van der Waals surface area contributed by atoms with Gasteiger partial charge in [0.25, 0.3) is 23.0 Å². The average molecular weight is 381 g/mol. The lowest BCUT2D eigenvalue weighted by Gasteiger charge is -2.09. The van der Waals surface area contributed by atoms with Crippen molar-refractivity contribution in [2.45, 2.75) is 6.92 Å². The molecule has 0 aliphatic heterocycles. The molecule has 0 radical (unpaired) electrons. The summed E-state index contributed by atoms with van der Waals surface area (Å²) >= 11 is 5.63. The van der Waals surface area contributed by atoms with Crippen molar-refractivity contribution in [1.82, 2.24) is 0 Å². The summed E-state index contributed by atoms with van der Waals surface area (Å²) < 4.78 is 0. The monoisotopic (exact) mass is 380 g/mol. The number of amides is 1. The number of nitrogens with zero attached hydrogens (tertiary/aromatic N) is 3. The lowest BCUT2D eigenvalue weighted by molar-refractivity contribution is -0.393. The SMILES string of the molecule is Cc1c(NC(=O)c2cc([N+](=O)[O-])c(Cl)c([N+](=O)[O-])c2)cccc1[N+](=O)[O-]. The molecule has 1 N–H and O–H groups in total. The Morgan fingerprint density at radius 3 is 1.92 bits per heavy atom. The van der Waals surface area contributed by atoms with Gasteiger partial charge in [-0.15, -0.1) is 0 Å². The van der Waals surface area contributed by atoms with Gasteiger partial charge in [-0.25, -0.2) is 0 Å². The van der Waals surface area contributed by atoms with E-state index in [4.69, 9.17) is 11.6 Å². The molecule has 134 valence electrons. The van der Waals surface area contributed by atoms with E-state index in [1.807, 2.05) is 0 Å². The van der Waals surface area contributed by atoms with Gasteiger partial charge in [0.1, 0.15) is 0 Å². The summed E-state index contributed by atoms with van der Waals surface area (Å²) in [5.41, 5.74) is -1.99. The molecule has 1 amide bonds. The molecule has 2 aromatic rings. The fourth-order valence-corrected chi connectivity index (χ4v) is 2.39. The molecule has 2 aromatic carbocycles. The first kappa shape index (κ1) is 18.7. The largest absolute Gasteiger partial charge is 0.321 e. The van der Waals surface area contributed by atoms with Crippen molar-refractivity contribution in [1.29, 1.82) is 0 Å². The second kappa shape index (κ2) is 7.11. The van der Waals surface area contributed by atoms with Crippen LogP contribution in [-0.2, 0) is 0 Å². The van der Waals surface area contributed by atoms with E-state index in [1.54, 1.807) is 0 Å². The van der Waals surface area contributed by atoms with Gasteiger partial charge in [-0.2, -0.15) is 0 Å². The number of nitro groups is 3. The van der Waals surface area contributed by atoms with Crippen molar-refractivity contribution in [2.24, 2.45) is 0 Å². The highest BCUT2D eigenvalue weighted by atomic mass is 35.5. The highest BCUT2D eigenvalue weighted by Crippen LogP contribution is 2.35. The lowest BCUT2D eigenvalue weighted by Crippen LogP contribution is -2.14. The first-order valence-electron chi connectivity index (χ1n) is 6.81. The zero-order valence-electron chi connectivity index (χ0n) is 13.0. The van der Waals surface area contributed by atoms with Gasteiger partial charge in [0.2, 0.25) is 0 Å². The molecule has 0 fully saturated rings. The number of carbonyl (C=O) groups is 1. The highest BCUT2D eigenvalue weighted by Gasteiger charge is 2.27. The maximum atomic E-state index is 12.3. The lowest BCUT2D eigenvalue weighted by atomic mass is 10.1. The molecule has 12 heteroatoms. The van der Waals surface area contributed by atoms with Gasteiger partial charge in [-0.1, -0.05) is 17.7 Å². The molecule has 0 aliphatic rings. The Labute approximate surface area is 149 Å². The zero-order valence-corrected chi connectivity index (χ0v) is 13.7. The van der Waals surface area contributed by atoms with Gasteiger partial charge < -0.3 is 5.32 Å². The van der Waals surface area contributed by atoms with Crippen LogP contribution in [0.15, 0.2) is 30.3 Å². The predicted octanol–water partition coefficient (Wildman–Crippen LogP) is 3.63. The molecule has 2 rings (SSSR count). The summed E-state index contributed by atoms with van der Waals surface area (Å²) in [6, 6.07) is 5.55. The summed E-state index contributed by atoms with van der Waals surface area (Å²) in [4.78, 5) is 42.7. The Balaban J connectivity index is 2.48. The van der Waals surface area contributed by atoms with Gasteiger partial charge >= 0.3 is 0 Å². The maximum absolute atomic E-state index is 12.3. The fraction of sp³-hybridized carbons (Fsp3) is 0.0714. The number of nitrogens with one attached hydrogen (secondary N) is 1. The molecule has 0 atom stereocenters. The molecule has 0 bridgehead atoms. The Hall–Kier alpha value is -3.60. The molecule has 0 aliphatic carbocycles. The smallest absolute Gasteiger partial charge is 0.295 e. The molecule has 0 unspecified atom stereocenters. The topological polar surface area (TPSA) is 159 Å². The number of benzene rings is 2. The highest BCUT2D eigenvalue weighted by molar-refractivity contribution is 6.35. The van der Waals surface area contributed by atoms with Gasteiger partial charge in [-0.3, -0.25) is 35.1 Å². The standard InChI is InChI=1S/C14H9ClN4O7/c1-7-9(3-2-4-10(7)17(21)22)16-14(20)8-5-11(18(23)24)13(15)12(6-8)19(25)26/h2-6H,1H3,(H,16,20). The van der Waals surface area contributed by atoms with E-state index >= 15 is 0 Å². The number of hydrogen-bond acceptors (Lipinski definition) is 7. The van der Waals surface area contributed by atoms with Crippen molar-refractivity contribution in [3.63, 3.8) is 0 Å². The number of halogens is 1. The number of hydrogen-bond donors (Lipinski definition) is 1. The van der Waals surface area contributed by atoms with Crippen molar-refractivity contribution in [3.8, 4) is 0 Å². The molecular weight excluding hydrogens is 372 g/mol. The van der Waals surface area contributed by atoms with E-state index in [0.29, 0.717) is 0 Å². The summed E-state index contributed by atoms with van der Waals surface area (Å²) in [6.07, 6.45) is 0. The van der Waals surface area contributed by atoms with Crippen LogP contribution in [0.4, 0.5) is 22.7 Å². The molecule has 0 heterocycles. The van der Waals surface area contributed by atoms with Crippen LogP contribution in [0.5, 0.6) is 0 Å². The Bertz CT molecular complexity index is 925. The third kappa shape index (κ3) is 3.57. The van der Waals surface area contributed by atoms with Crippen molar-refractivity contribution in [2.75, 3.05) is 5.32 Å². The van der Waals surface area contributed by atoms with Gasteiger partial charge in [-0.05, 0) is 13.0 Å². The van der Waals surface area contributed by atoms with Crippen molar-refractivity contribution in [3.05, 3.63) is 76.8 Å². The Kier molecular flexibility index (Phi) is 5.12. The van der Waals surface area contributed by atoms with Gasteiger partial charge in [0, 0.05) is 18.2 Å². The summed E-state index contributed by atoms with van der Waals surface area (Å²) in [6.45, 7) is 1.40. The van der Waals surface area contributed by atoms with Crippen LogP contribution in [0.2, 0.25) is 5.02 Å². The summed E-state index contributed by atoms with van der Waals surface area (Å²) in [5.74, 6) is -0.920. The molecule has 0 saturated carbocycles. The van der Waals surface area contributed by atoms with Gasteiger partial charge in [0.05, 0.1) is 31.6 Å². The Morgan fingerprint density at radius 2 is 1.46 bits per heavy atom. The van der Waals surface area contributed by atoms with Gasteiger partial charge in [0.15, 0.2) is 5.02 Å². The van der Waals surface area contributed by atoms with Crippen LogP contribution in [0.1, 0.15) is 15.9 Å². The minimum absolute atomic E-state index is 0.0875. The predicted molar refractivity (Wildman–Crippen MR) is 90.5 cm³/mol. The molecule has 0 spiro atoms. The third-order valence-corrected chi connectivity index (χ3v) is 3.83. The quantitative estimate of drug-likeness (QED) is 0.612. The second-order valence-electron chi connectivity index (χ2n) is 5.00. The van der Waals surface area contributed by atoms with Crippen LogP contribution in [-0.4, -0.2) is 20.7 Å². The summed E-state index contributed by atoms with van der Waals surface area (Å²) in [7, 11) is 0. The van der Waals surface area contributed by atoms with Crippen LogP contribution in [0, 0.1) is 37.3 Å². The van der Waals surface area contributed by atoms with Crippen molar-refractivity contribution >= 4 is 40.3 Å².